The molecule has 1 aromatic heterocycles. The Bertz CT molecular complexity index is 757. The lowest BCUT2D eigenvalue weighted by atomic mass is 9.47. The van der Waals surface area contributed by atoms with Crippen molar-refractivity contribution in [2.75, 3.05) is 7.11 Å². The number of hydrogen-bond acceptors (Lipinski definition) is 4. The third kappa shape index (κ3) is 2.58. The van der Waals surface area contributed by atoms with E-state index in [1.807, 2.05) is 6.20 Å². The second kappa shape index (κ2) is 6.32. The average molecular weight is 388 g/mol. The van der Waals surface area contributed by atoms with Crippen LogP contribution < -0.4 is 4.74 Å². The van der Waals surface area contributed by atoms with Crippen molar-refractivity contribution < 1.29 is 9.84 Å². The van der Waals surface area contributed by atoms with E-state index < -0.39 is 0 Å². The summed E-state index contributed by atoms with van der Waals surface area (Å²) in [6, 6.07) is 0. The van der Waals surface area contributed by atoms with Gasteiger partial charge < -0.3 is 9.84 Å². The Morgan fingerprint density at radius 2 is 2.00 bits per heavy atom. The molecule has 0 aliphatic heterocycles. The molecular weight excluding hydrogens is 354 g/mol. The molecule has 0 aromatic carbocycles. The summed E-state index contributed by atoms with van der Waals surface area (Å²) >= 11 is 1.76. The van der Waals surface area contributed by atoms with E-state index in [-0.39, 0.29) is 6.10 Å². The minimum atomic E-state index is -0.106. The van der Waals surface area contributed by atoms with Gasteiger partial charge in [0.25, 0.3) is 0 Å². The van der Waals surface area contributed by atoms with Gasteiger partial charge in [0.1, 0.15) is 0 Å². The van der Waals surface area contributed by atoms with Gasteiger partial charge in [-0.1, -0.05) is 36.8 Å². The van der Waals surface area contributed by atoms with E-state index in [1.54, 1.807) is 24.0 Å². The van der Waals surface area contributed by atoms with Crippen molar-refractivity contribution in [3.8, 4) is 5.06 Å². The minimum absolute atomic E-state index is 0.106. The van der Waals surface area contributed by atoms with Crippen LogP contribution in [-0.2, 0) is 0 Å². The van der Waals surface area contributed by atoms with Crippen LogP contribution in [0.5, 0.6) is 5.06 Å². The first-order chi connectivity index (χ1) is 13.0. The molecule has 0 radical (unpaired) electrons. The summed E-state index contributed by atoms with van der Waals surface area (Å²) in [5.41, 5.74) is 2.30. The maximum Gasteiger partial charge on any atom is 0.193 e. The highest BCUT2D eigenvalue weighted by Crippen LogP contribution is 2.68. The molecule has 3 fully saturated rings. The molecule has 148 valence electrons. The van der Waals surface area contributed by atoms with Crippen LogP contribution in [0.1, 0.15) is 76.1 Å². The molecule has 3 nitrogen and oxygen atoms in total. The smallest absolute Gasteiger partial charge is 0.193 e. The van der Waals surface area contributed by atoms with Gasteiger partial charge in [0.15, 0.2) is 5.06 Å². The number of aromatic nitrogens is 1. The monoisotopic (exact) mass is 387 g/mol. The fourth-order valence-electron chi connectivity index (χ4n) is 7.57. The van der Waals surface area contributed by atoms with Crippen LogP contribution in [0.3, 0.4) is 0 Å². The van der Waals surface area contributed by atoms with Crippen molar-refractivity contribution >= 4 is 11.3 Å². The van der Waals surface area contributed by atoms with Crippen LogP contribution in [-0.4, -0.2) is 23.3 Å². The summed E-state index contributed by atoms with van der Waals surface area (Å²) in [5, 5.41) is 12.4. The third-order valence-corrected chi connectivity index (χ3v) is 10.2. The first-order valence-electron chi connectivity index (χ1n) is 10.8. The second-order valence-electron chi connectivity index (χ2n) is 10.1. The molecule has 4 heteroatoms. The van der Waals surface area contributed by atoms with Gasteiger partial charge in [-0.15, -0.1) is 0 Å². The number of aliphatic hydroxyl groups is 1. The van der Waals surface area contributed by atoms with Crippen molar-refractivity contribution in [3.05, 3.63) is 22.9 Å². The summed E-state index contributed by atoms with van der Waals surface area (Å²) in [6.45, 7) is 5.08. The zero-order valence-electron chi connectivity index (χ0n) is 16.9. The van der Waals surface area contributed by atoms with E-state index in [0.717, 1.165) is 35.7 Å². The summed E-state index contributed by atoms with van der Waals surface area (Å²) in [5.74, 6) is 3.05. The van der Waals surface area contributed by atoms with Gasteiger partial charge in [-0.25, -0.2) is 4.98 Å². The van der Waals surface area contributed by atoms with E-state index in [0.29, 0.717) is 16.7 Å². The predicted molar refractivity (Wildman–Crippen MR) is 109 cm³/mol. The molecule has 0 amide bonds. The van der Waals surface area contributed by atoms with Gasteiger partial charge >= 0.3 is 0 Å². The standard InChI is InChI=1S/C23H33NO2S/c1-22-10-8-15(25)12-14(22)4-5-16-17-6-7-19(21-24-13-20(26-3)27-21)23(17,2)11-9-18(16)22/h4,13,15-19,25H,5-12H2,1-3H3/t15?,16-,17-,18-,19?,22-,23-/m0/s1. The van der Waals surface area contributed by atoms with Gasteiger partial charge in [-0.3, -0.25) is 0 Å². The minimum Gasteiger partial charge on any atom is -0.486 e. The zero-order valence-corrected chi connectivity index (χ0v) is 17.7. The quantitative estimate of drug-likeness (QED) is 0.676. The zero-order chi connectivity index (χ0) is 18.8. The van der Waals surface area contributed by atoms with Crippen molar-refractivity contribution in [1.82, 2.24) is 4.98 Å². The predicted octanol–water partition coefficient (Wildman–Crippen LogP) is 5.56. The lowest BCUT2D eigenvalue weighted by molar-refractivity contribution is -0.0409. The van der Waals surface area contributed by atoms with Crippen LogP contribution in [0, 0.1) is 28.6 Å². The molecule has 4 aliphatic carbocycles. The number of hydrogen-bond donors (Lipinski definition) is 1. The number of thiazole rings is 1. The lowest BCUT2D eigenvalue weighted by Gasteiger charge is -2.58. The molecule has 5 rings (SSSR count). The highest BCUT2D eigenvalue weighted by molar-refractivity contribution is 7.13. The summed E-state index contributed by atoms with van der Waals surface area (Å²) in [7, 11) is 1.75. The van der Waals surface area contributed by atoms with Crippen LogP contribution in [0.25, 0.3) is 0 Å². The van der Waals surface area contributed by atoms with Crippen LogP contribution in [0.15, 0.2) is 17.8 Å². The second-order valence-corrected chi connectivity index (χ2v) is 11.1. The Labute approximate surface area is 167 Å². The van der Waals surface area contributed by atoms with Gasteiger partial charge in [0.2, 0.25) is 0 Å². The van der Waals surface area contributed by atoms with Crippen molar-refractivity contribution in [2.45, 2.75) is 77.2 Å². The lowest BCUT2D eigenvalue weighted by Crippen LogP contribution is -2.50. The van der Waals surface area contributed by atoms with Crippen LogP contribution in [0.4, 0.5) is 0 Å². The molecule has 1 heterocycles. The molecule has 0 bridgehead atoms. The number of rotatable bonds is 2. The summed E-state index contributed by atoms with van der Waals surface area (Å²) in [6.07, 6.45) is 14.0. The molecule has 1 aromatic rings. The summed E-state index contributed by atoms with van der Waals surface area (Å²) < 4.78 is 5.42. The molecule has 4 aliphatic rings. The Morgan fingerprint density at radius 1 is 1.15 bits per heavy atom. The molecule has 2 unspecified atom stereocenters. The first-order valence-corrected chi connectivity index (χ1v) is 11.6. The molecule has 1 N–H and O–H groups in total. The van der Waals surface area contributed by atoms with Crippen LogP contribution >= 0.6 is 11.3 Å². The Morgan fingerprint density at radius 3 is 2.78 bits per heavy atom. The van der Waals surface area contributed by atoms with E-state index in [4.69, 9.17) is 9.72 Å². The highest BCUT2D eigenvalue weighted by Gasteiger charge is 2.59. The van der Waals surface area contributed by atoms with E-state index in [1.165, 1.54) is 43.5 Å². The molecule has 7 atom stereocenters. The third-order valence-electron chi connectivity index (χ3n) is 9.08. The molecule has 27 heavy (non-hydrogen) atoms. The molecule has 0 spiro atoms. The van der Waals surface area contributed by atoms with E-state index >= 15 is 0 Å². The Balaban J connectivity index is 1.45. The first kappa shape index (κ1) is 18.2. The van der Waals surface area contributed by atoms with Crippen molar-refractivity contribution in [1.29, 1.82) is 0 Å². The normalized spacial score (nSPS) is 46.2. The van der Waals surface area contributed by atoms with Crippen molar-refractivity contribution in [3.63, 3.8) is 0 Å². The fraction of sp³-hybridized carbons (Fsp3) is 0.783. The van der Waals surface area contributed by atoms with Gasteiger partial charge in [-0.2, -0.15) is 0 Å². The number of methoxy groups -OCH3 is 1. The highest BCUT2D eigenvalue weighted by atomic mass is 32.1. The van der Waals surface area contributed by atoms with E-state index in [2.05, 4.69) is 19.9 Å². The topological polar surface area (TPSA) is 42.4 Å². The fourth-order valence-corrected chi connectivity index (χ4v) is 8.60. The maximum atomic E-state index is 10.2. The average Bonchev–Trinajstić information content (AvgIpc) is 3.25. The maximum absolute atomic E-state index is 10.2. The number of fused-ring (bicyclic) bond motifs is 5. The summed E-state index contributed by atoms with van der Waals surface area (Å²) in [4.78, 5) is 4.75. The Hall–Kier alpha value is -0.870. The van der Waals surface area contributed by atoms with Gasteiger partial charge in [0, 0.05) is 5.92 Å². The SMILES string of the molecule is COc1cnc(C2CC[C@H]3[C@@H]4CC=C5CC(O)CC[C@]5(C)[C@H]4CC[C@]23C)s1. The number of ether oxygens (including phenoxy) is 1. The van der Waals surface area contributed by atoms with Gasteiger partial charge in [-0.05, 0) is 80.0 Å². The molecule has 0 saturated heterocycles. The molecule has 3 saturated carbocycles. The number of allylic oxidation sites excluding steroid dienone is 1. The largest absolute Gasteiger partial charge is 0.486 e. The van der Waals surface area contributed by atoms with Gasteiger partial charge in [0.05, 0.1) is 24.4 Å². The number of nitrogens with zero attached hydrogens (tertiary/aromatic N) is 1. The van der Waals surface area contributed by atoms with Crippen molar-refractivity contribution in [2.24, 2.45) is 28.6 Å². The van der Waals surface area contributed by atoms with Crippen LogP contribution in [0.2, 0.25) is 0 Å². The van der Waals surface area contributed by atoms with E-state index in [9.17, 15) is 5.11 Å². The Kier molecular flexibility index (Phi) is 4.25. The number of aliphatic hydroxyl groups excluding tert-OH is 1. The molecular formula is C23H33NO2S.